The highest BCUT2D eigenvalue weighted by Gasteiger charge is 2.32. The van der Waals surface area contributed by atoms with Crippen LogP contribution in [0.3, 0.4) is 0 Å². The first-order valence-electron chi connectivity index (χ1n) is 7.30. The summed E-state index contributed by atoms with van der Waals surface area (Å²) in [6.07, 6.45) is 0. The number of fused-ring (bicyclic) bond motifs is 3. The molecule has 1 aromatic carbocycles. The molecule has 2 aromatic rings. The summed E-state index contributed by atoms with van der Waals surface area (Å²) < 4.78 is 0. The predicted molar refractivity (Wildman–Crippen MR) is 85.6 cm³/mol. The third kappa shape index (κ3) is 2.01. The van der Waals surface area contributed by atoms with E-state index in [0.29, 0.717) is 27.9 Å². The van der Waals surface area contributed by atoms with Gasteiger partial charge in [0.15, 0.2) is 0 Å². The number of anilines is 1. The van der Waals surface area contributed by atoms with E-state index in [1.807, 2.05) is 24.3 Å². The normalized spacial score (nSPS) is 17.5. The summed E-state index contributed by atoms with van der Waals surface area (Å²) in [7, 11) is 2.09. The van der Waals surface area contributed by atoms with Crippen LogP contribution in [0.15, 0.2) is 24.3 Å². The number of piperazine rings is 1. The summed E-state index contributed by atoms with van der Waals surface area (Å²) in [5.41, 5.74) is 2.58. The molecule has 1 saturated heterocycles. The third-order valence-electron chi connectivity index (χ3n) is 4.30. The molecular formula is C16H15ClN4O. The summed E-state index contributed by atoms with van der Waals surface area (Å²) in [5, 5.41) is 0.359. The largest absolute Gasteiger partial charge is 0.338 e. The Morgan fingerprint density at radius 1 is 1.05 bits per heavy atom. The molecule has 112 valence electrons. The van der Waals surface area contributed by atoms with Crippen LogP contribution in [0.5, 0.6) is 0 Å². The Morgan fingerprint density at radius 3 is 2.45 bits per heavy atom. The Kier molecular flexibility index (Phi) is 3.13. The van der Waals surface area contributed by atoms with Gasteiger partial charge in [-0.25, -0.2) is 9.97 Å². The Hall–Kier alpha value is -1.98. The highest BCUT2D eigenvalue weighted by Crippen LogP contribution is 2.40. The van der Waals surface area contributed by atoms with Crippen molar-refractivity contribution in [3.05, 3.63) is 40.7 Å². The average molecular weight is 315 g/mol. The maximum absolute atomic E-state index is 12.6. The molecule has 1 fully saturated rings. The van der Waals surface area contributed by atoms with E-state index in [1.54, 1.807) is 0 Å². The molecular weight excluding hydrogens is 300 g/mol. The molecule has 6 heteroatoms. The van der Waals surface area contributed by atoms with Crippen LogP contribution in [0, 0.1) is 0 Å². The first-order chi connectivity index (χ1) is 10.6. The number of carbonyl (C=O) groups is 1. The van der Waals surface area contributed by atoms with Crippen molar-refractivity contribution in [3.8, 4) is 11.1 Å². The second-order valence-corrected chi connectivity index (χ2v) is 6.06. The zero-order chi connectivity index (χ0) is 15.3. The number of hydrogen-bond acceptors (Lipinski definition) is 5. The smallest absolute Gasteiger partial charge is 0.227 e. The van der Waals surface area contributed by atoms with E-state index in [9.17, 15) is 4.79 Å². The molecule has 0 atom stereocenters. The molecule has 0 spiro atoms. The Balaban J connectivity index is 1.79. The highest BCUT2D eigenvalue weighted by molar-refractivity contribution is 6.35. The van der Waals surface area contributed by atoms with Crippen molar-refractivity contribution in [2.45, 2.75) is 0 Å². The lowest BCUT2D eigenvalue weighted by atomic mass is 10.1. The standard InChI is InChI=1S/C16H15ClN4O/c1-20-6-8-21(9-7-20)16-18-13-12(15(17)19-16)10-4-2-3-5-11(10)14(13)22/h2-5H,6-9H2,1H3. The van der Waals surface area contributed by atoms with E-state index in [0.717, 1.165) is 31.7 Å². The topological polar surface area (TPSA) is 49.3 Å². The minimum atomic E-state index is -0.0646. The number of carbonyl (C=O) groups excluding carboxylic acids is 1. The lowest BCUT2D eigenvalue weighted by molar-refractivity contribution is 0.103. The van der Waals surface area contributed by atoms with Crippen LogP contribution < -0.4 is 4.90 Å². The molecule has 2 heterocycles. The fourth-order valence-electron chi connectivity index (χ4n) is 3.00. The minimum Gasteiger partial charge on any atom is -0.338 e. The summed E-state index contributed by atoms with van der Waals surface area (Å²) in [5.74, 6) is 0.489. The first-order valence-corrected chi connectivity index (χ1v) is 7.68. The number of nitrogens with zero attached hydrogens (tertiary/aromatic N) is 4. The zero-order valence-electron chi connectivity index (χ0n) is 12.2. The molecule has 0 amide bonds. The van der Waals surface area contributed by atoms with Gasteiger partial charge in [0.05, 0.1) is 0 Å². The summed E-state index contributed by atoms with van der Waals surface area (Å²) in [6, 6.07) is 7.45. The molecule has 1 aliphatic heterocycles. The summed E-state index contributed by atoms with van der Waals surface area (Å²) in [6.45, 7) is 3.58. The van der Waals surface area contributed by atoms with Crippen molar-refractivity contribution in [3.63, 3.8) is 0 Å². The summed E-state index contributed by atoms with van der Waals surface area (Å²) in [4.78, 5) is 25.9. The van der Waals surface area contributed by atoms with Crippen LogP contribution >= 0.6 is 11.6 Å². The highest BCUT2D eigenvalue weighted by atomic mass is 35.5. The van der Waals surface area contributed by atoms with Gasteiger partial charge in [0.1, 0.15) is 10.8 Å². The van der Waals surface area contributed by atoms with E-state index >= 15 is 0 Å². The maximum Gasteiger partial charge on any atom is 0.227 e. The Labute approximate surface area is 133 Å². The van der Waals surface area contributed by atoms with Crippen LogP contribution in [0.1, 0.15) is 16.1 Å². The number of ketones is 1. The van der Waals surface area contributed by atoms with Gasteiger partial charge in [0, 0.05) is 37.3 Å². The second-order valence-electron chi connectivity index (χ2n) is 5.70. The number of aromatic nitrogens is 2. The van der Waals surface area contributed by atoms with Crippen molar-refractivity contribution in [2.75, 3.05) is 38.1 Å². The molecule has 22 heavy (non-hydrogen) atoms. The quantitative estimate of drug-likeness (QED) is 0.644. The molecule has 0 unspecified atom stereocenters. The molecule has 1 aliphatic carbocycles. The van der Waals surface area contributed by atoms with Gasteiger partial charge in [-0.05, 0) is 12.6 Å². The van der Waals surface area contributed by atoms with Gasteiger partial charge in [-0.2, -0.15) is 0 Å². The fourth-order valence-corrected chi connectivity index (χ4v) is 3.27. The third-order valence-corrected chi connectivity index (χ3v) is 4.57. The van der Waals surface area contributed by atoms with Gasteiger partial charge >= 0.3 is 0 Å². The minimum absolute atomic E-state index is 0.0646. The van der Waals surface area contributed by atoms with Gasteiger partial charge in [0.25, 0.3) is 0 Å². The number of benzene rings is 1. The maximum atomic E-state index is 12.6. The molecule has 0 bridgehead atoms. The van der Waals surface area contributed by atoms with Crippen molar-refractivity contribution in [1.29, 1.82) is 0 Å². The van der Waals surface area contributed by atoms with Crippen LogP contribution in [-0.2, 0) is 0 Å². The van der Waals surface area contributed by atoms with Crippen LogP contribution in [0.2, 0.25) is 5.15 Å². The second kappa shape index (κ2) is 5.04. The fraction of sp³-hybridized carbons (Fsp3) is 0.312. The van der Waals surface area contributed by atoms with E-state index < -0.39 is 0 Å². The Bertz CT molecular complexity index is 769. The van der Waals surface area contributed by atoms with Crippen molar-refractivity contribution < 1.29 is 4.79 Å². The van der Waals surface area contributed by atoms with Gasteiger partial charge < -0.3 is 9.80 Å². The van der Waals surface area contributed by atoms with Crippen molar-refractivity contribution in [2.24, 2.45) is 0 Å². The molecule has 5 nitrogen and oxygen atoms in total. The van der Waals surface area contributed by atoms with Gasteiger partial charge in [-0.1, -0.05) is 35.9 Å². The molecule has 4 rings (SSSR count). The van der Waals surface area contributed by atoms with E-state index in [4.69, 9.17) is 11.6 Å². The molecule has 0 radical (unpaired) electrons. The molecule has 2 aliphatic rings. The number of hydrogen-bond donors (Lipinski definition) is 0. The lowest BCUT2D eigenvalue weighted by Gasteiger charge is -2.32. The van der Waals surface area contributed by atoms with Gasteiger partial charge in [0.2, 0.25) is 11.7 Å². The summed E-state index contributed by atoms with van der Waals surface area (Å²) >= 11 is 6.38. The van der Waals surface area contributed by atoms with Gasteiger partial charge in [-0.15, -0.1) is 0 Å². The van der Waals surface area contributed by atoms with E-state index in [2.05, 4.69) is 26.8 Å². The zero-order valence-corrected chi connectivity index (χ0v) is 13.0. The molecule has 1 aromatic heterocycles. The van der Waals surface area contributed by atoms with Gasteiger partial charge in [-0.3, -0.25) is 4.79 Å². The number of halogens is 1. The number of rotatable bonds is 1. The predicted octanol–water partition coefficient (Wildman–Crippen LogP) is 2.09. The van der Waals surface area contributed by atoms with Crippen molar-refractivity contribution >= 4 is 23.3 Å². The first kappa shape index (κ1) is 13.7. The van der Waals surface area contributed by atoms with Crippen LogP contribution in [0.25, 0.3) is 11.1 Å². The SMILES string of the molecule is CN1CCN(c2nc(Cl)c3c(n2)C(=O)c2ccccc2-3)CC1. The van der Waals surface area contributed by atoms with Crippen molar-refractivity contribution in [1.82, 2.24) is 14.9 Å². The number of likely N-dealkylation sites (N-methyl/N-ethyl adjacent to an activating group) is 1. The van der Waals surface area contributed by atoms with E-state index in [1.165, 1.54) is 0 Å². The van der Waals surface area contributed by atoms with Crippen LogP contribution in [0.4, 0.5) is 5.95 Å². The van der Waals surface area contributed by atoms with Crippen LogP contribution in [-0.4, -0.2) is 53.9 Å². The monoisotopic (exact) mass is 314 g/mol. The average Bonchev–Trinajstić information content (AvgIpc) is 2.82. The molecule has 0 saturated carbocycles. The lowest BCUT2D eigenvalue weighted by Crippen LogP contribution is -2.45. The Morgan fingerprint density at radius 2 is 1.73 bits per heavy atom. The molecule has 0 N–H and O–H groups in total. The van der Waals surface area contributed by atoms with E-state index in [-0.39, 0.29) is 5.78 Å².